The maximum atomic E-state index is 14.1. The molecule has 1 aromatic rings. The minimum absolute atomic E-state index is 0.115. The minimum Gasteiger partial charge on any atom is -0.340 e. The molecule has 0 bridgehead atoms. The van der Waals surface area contributed by atoms with Gasteiger partial charge in [-0.1, -0.05) is 18.5 Å². The molecule has 0 spiro atoms. The molecule has 0 N–H and O–H groups in total. The second-order valence-corrected chi connectivity index (χ2v) is 6.03. The summed E-state index contributed by atoms with van der Waals surface area (Å²) in [6.45, 7) is 4.60. The van der Waals surface area contributed by atoms with Crippen molar-refractivity contribution in [3.8, 4) is 0 Å². The fourth-order valence-corrected chi connectivity index (χ4v) is 3.03. The number of carbonyl (C=O) groups is 1. The van der Waals surface area contributed by atoms with Crippen molar-refractivity contribution >= 4 is 23.2 Å². The van der Waals surface area contributed by atoms with Crippen LogP contribution in [0, 0.1) is 15.9 Å². The molecule has 1 unspecified atom stereocenters. The lowest BCUT2D eigenvalue weighted by molar-refractivity contribution is -0.387. The van der Waals surface area contributed by atoms with Crippen LogP contribution >= 0.6 is 11.6 Å². The summed E-state index contributed by atoms with van der Waals surface area (Å²) in [5, 5.41) is 10.4. The molecule has 2 rings (SSSR count). The van der Waals surface area contributed by atoms with Gasteiger partial charge in [-0.3, -0.25) is 14.9 Å². The first kappa shape index (κ1) is 17.6. The standard InChI is InChI=1S/C15H19ClFN3O3/c1-3-10(15(21)19-8-6-18(2)7-9-19)11-4-5-12(20(22)23)14(17)13(11)16/h4-5,10H,3,6-9H2,1-2H3. The van der Waals surface area contributed by atoms with Gasteiger partial charge in [-0.25, -0.2) is 0 Å². The molecular weight excluding hydrogens is 325 g/mol. The molecule has 0 radical (unpaired) electrons. The first-order chi connectivity index (χ1) is 10.9. The lowest BCUT2D eigenvalue weighted by Crippen LogP contribution is -2.48. The first-order valence-electron chi connectivity index (χ1n) is 7.46. The van der Waals surface area contributed by atoms with E-state index in [1.807, 2.05) is 14.0 Å². The zero-order valence-electron chi connectivity index (χ0n) is 13.1. The van der Waals surface area contributed by atoms with Gasteiger partial charge in [0, 0.05) is 32.2 Å². The molecule has 1 aromatic carbocycles. The van der Waals surface area contributed by atoms with Crippen molar-refractivity contribution in [3.63, 3.8) is 0 Å². The Labute approximate surface area is 139 Å². The summed E-state index contributed by atoms with van der Waals surface area (Å²) >= 11 is 5.96. The second kappa shape index (κ2) is 7.23. The van der Waals surface area contributed by atoms with E-state index in [4.69, 9.17) is 11.6 Å². The predicted octanol–water partition coefficient (Wildman–Crippen LogP) is 2.65. The Bertz CT molecular complexity index is 618. The number of nitrogens with zero attached hydrogens (tertiary/aromatic N) is 3. The number of nitro benzene ring substituents is 1. The molecule has 1 aliphatic heterocycles. The number of carbonyl (C=O) groups excluding carboxylic acids is 1. The topological polar surface area (TPSA) is 66.7 Å². The number of hydrogen-bond donors (Lipinski definition) is 0. The average Bonchev–Trinajstić information content (AvgIpc) is 2.52. The number of amides is 1. The first-order valence-corrected chi connectivity index (χ1v) is 7.84. The van der Waals surface area contributed by atoms with Crippen molar-refractivity contribution in [2.24, 2.45) is 0 Å². The number of benzene rings is 1. The molecule has 0 aliphatic carbocycles. The quantitative estimate of drug-likeness (QED) is 0.622. The maximum Gasteiger partial charge on any atom is 0.306 e. The van der Waals surface area contributed by atoms with Crippen molar-refractivity contribution < 1.29 is 14.1 Å². The number of halogens is 2. The summed E-state index contributed by atoms with van der Waals surface area (Å²) in [5.41, 5.74) is -0.373. The fourth-order valence-electron chi connectivity index (χ4n) is 2.74. The fraction of sp³-hybridized carbons (Fsp3) is 0.533. The highest BCUT2D eigenvalue weighted by Gasteiger charge is 2.30. The summed E-state index contributed by atoms with van der Waals surface area (Å²) in [6, 6.07) is 2.45. The van der Waals surface area contributed by atoms with Gasteiger partial charge in [0.15, 0.2) is 0 Å². The molecule has 1 amide bonds. The Kier molecular flexibility index (Phi) is 5.54. The molecule has 0 aromatic heterocycles. The van der Waals surface area contributed by atoms with E-state index in [2.05, 4.69) is 4.90 Å². The lowest BCUT2D eigenvalue weighted by atomic mass is 9.94. The molecule has 126 valence electrons. The highest BCUT2D eigenvalue weighted by Crippen LogP contribution is 2.34. The summed E-state index contributed by atoms with van der Waals surface area (Å²) in [4.78, 5) is 26.5. The maximum absolute atomic E-state index is 14.1. The van der Waals surface area contributed by atoms with Gasteiger partial charge in [-0.2, -0.15) is 4.39 Å². The normalized spacial score (nSPS) is 17.1. The van der Waals surface area contributed by atoms with Crippen molar-refractivity contribution in [1.82, 2.24) is 9.80 Å². The predicted molar refractivity (Wildman–Crippen MR) is 85.2 cm³/mol. The molecular formula is C15H19ClFN3O3. The molecule has 0 saturated carbocycles. The van der Waals surface area contributed by atoms with Gasteiger partial charge in [0.25, 0.3) is 0 Å². The lowest BCUT2D eigenvalue weighted by Gasteiger charge is -2.34. The van der Waals surface area contributed by atoms with E-state index in [1.54, 1.807) is 4.90 Å². The third-order valence-electron chi connectivity index (χ3n) is 4.19. The van der Waals surface area contributed by atoms with Gasteiger partial charge in [0.2, 0.25) is 11.7 Å². The van der Waals surface area contributed by atoms with E-state index in [1.165, 1.54) is 6.07 Å². The van der Waals surface area contributed by atoms with Crippen molar-refractivity contribution in [2.45, 2.75) is 19.3 Å². The van der Waals surface area contributed by atoms with Crippen LogP contribution in [0.1, 0.15) is 24.8 Å². The van der Waals surface area contributed by atoms with Gasteiger partial charge in [0.05, 0.1) is 15.9 Å². The van der Waals surface area contributed by atoms with Crippen LogP contribution in [0.15, 0.2) is 12.1 Å². The minimum atomic E-state index is -1.08. The number of hydrogen-bond acceptors (Lipinski definition) is 4. The van der Waals surface area contributed by atoms with Gasteiger partial charge in [-0.15, -0.1) is 0 Å². The van der Waals surface area contributed by atoms with E-state index in [9.17, 15) is 19.3 Å². The summed E-state index contributed by atoms with van der Waals surface area (Å²) < 4.78 is 14.1. The van der Waals surface area contributed by atoms with Crippen LogP contribution < -0.4 is 0 Å². The second-order valence-electron chi connectivity index (χ2n) is 5.65. The van der Waals surface area contributed by atoms with Crippen LogP contribution in [0.25, 0.3) is 0 Å². The van der Waals surface area contributed by atoms with Crippen molar-refractivity contribution in [2.75, 3.05) is 33.2 Å². The highest BCUT2D eigenvalue weighted by atomic mass is 35.5. The zero-order chi connectivity index (χ0) is 17.1. The molecule has 6 nitrogen and oxygen atoms in total. The van der Waals surface area contributed by atoms with Crippen LogP contribution in [0.5, 0.6) is 0 Å². The summed E-state index contributed by atoms with van der Waals surface area (Å²) in [5.74, 6) is -1.80. The summed E-state index contributed by atoms with van der Waals surface area (Å²) in [6.07, 6.45) is 0.447. The summed E-state index contributed by atoms with van der Waals surface area (Å²) in [7, 11) is 1.99. The third kappa shape index (κ3) is 3.61. The SMILES string of the molecule is CCC(C(=O)N1CCN(C)CC1)c1ccc([N+](=O)[O-])c(F)c1Cl. The van der Waals surface area contributed by atoms with Gasteiger partial charge in [0.1, 0.15) is 0 Å². The van der Waals surface area contributed by atoms with Gasteiger partial charge < -0.3 is 9.80 Å². The average molecular weight is 344 g/mol. The Morgan fingerprint density at radius 2 is 2.00 bits per heavy atom. The van der Waals surface area contributed by atoms with Crippen LogP contribution in [-0.4, -0.2) is 53.9 Å². The Hall–Kier alpha value is -1.73. The molecule has 1 fully saturated rings. The van der Waals surface area contributed by atoms with E-state index in [-0.39, 0.29) is 10.9 Å². The third-order valence-corrected chi connectivity index (χ3v) is 4.57. The zero-order valence-corrected chi connectivity index (χ0v) is 13.8. The van der Waals surface area contributed by atoms with Crippen LogP contribution in [0.2, 0.25) is 5.02 Å². The largest absolute Gasteiger partial charge is 0.340 e. The number of rotatable bonds is 4. The Morgan fingerprint density at radius 1 is 1.39 bits per heavy atom. The molecule has 1 heterocycles. The van der Waals surface area contributed by atoms with Gasteiger partial charge >= 0.3 is 5.69 Å². The van der Waals surface area contributed by atoms with E-state index in [0.29, 0.717) is 25.1 Å². The van der Waals surface area contributed by atoms with E-state index >= 15 is 0 Å². The molecule has 8 heteroatoms. The number of likely N-dealkylation sites (N-methyl/N-ethyl adjacent to an activating group) is 1. The van der Waals surface area contributed by atoms with Crippen molar-refractivity contribution in [3.05, 3.63) is 38.7 Å². The Morgan fingerprint density at radius 3 is 2.52 bits per heavy atom. The van der Waals surface area contributed by atoms with Gasteiger partial charge in [-0.05, 0) is 25.1 Å². The van der Waals surface area contributed by atoms with E-state index < -0.39 is 22.3 Å². The number of piperazine rings is 1. The highest BCUT2D eigenvalue weighted by molar-refractivity contribution is 6.32. The monoisotopic (exact) mass is 343 g/mol. The number of nitro groups is 1. The Balaban J connectivity index is 2.29. The van der Waals surface area contributed by atoms with Crippen LogP contribution in [0.3, 0.4) is 0 Å². The van der Waals surface area contributed by atoms with Crippen LogP contribution in [0.4, 0.5) is 10.1 Å². The molecule has 1 atom stereocenters. The van der Waals surface area contributed by atoms with Crippen LogP contribution in [-0.2, 0) is 4.79 Å². The van der Waals surface area contributed by atoms with Crippen molar-refractivity contribution in [1.29, 1.82) is 0 Å². The molecule has 1 aliphatic rings. The molecule has 1 saturated heterocycles. The smallest absolute Gasteiger partial charge is 0.306 e. The van der Waals surface area contributed by atoms with E-state index in [0.717, 1.165) is 19.2 Å². The molecule has 23 heavy (non-hydrogen) atoms.